The predicted molar refractivity (Wildman–Crippen MR) is 66.1 cm³/mol. The highest BCUT2D eigenvalue weighted by Gasteiger charge is 2.08. The molecule has 2 aromatic rings. The molecule has 0 N–H and O–H groups in total. The number of rotatable bonds is 1. The van der Waals surface area contributed by atoms with Crippen molar-refractivity contribution in [2.75, 3.05) is 0 Å². The molecule has 78 valence electrons. The molecular formula is C11H8Cl3N. The minimum absolute atomic E-state index is 0.339. The average Bonchev–Trinajstić information content (AvgIpc) is 2.23. The SMILES string of the molecule is Cc1ccc(Cl)c2cc(CCl)c(Cl)nc12. The Bertz CT molecular complexity index is 523. The zero-order chi connectivity index (χ0) is 11.0. The zero-order valence-corrected chi connectivity index (χ0v) is 10.3. The van der Waals surface area contributed by atoms with Crippen molar-refractivity contribution in [3.8, 4) is 0 Å². The van der Waals surface area contributed by atoms with Crippen molar-refractivity contribution in [1.29, 1.82) is 0 Å². The van der Waals surface area contributed by atoms with E-state index in [0.717, 1.165) is 22.0 Å². The summed E-state index contributed by atoms with van der Waals surface area (Å²) in [6.07, 6.45) is 0. The second-order valence-corrected chi connectivity index (χ2v) is 4.36. The van der Waals surface area contributed by atoms with Crippen molar-refractivity contribution in [3.63, 3.8) is 0 Å². The Labute approximate surface area is 103 Å². The fraction of sp³-hybridized carbons (Fsp3) is 0.182. The summed E-state index contributed by atoms with van der Waals surface area (Å²) in [5, 5.41) is 2.02. The van der Waals surface area contributed by atoms with E-state index in [1.54, 1.807) is 0 Å². The molecule has 0 spiro atoms. The van der Waals surface area contributed by atoms with Crippen LogP contribution in [-0.2, 0) is 5.88 Å². The van der Waals surface area contributed by atoms with Crippen LogP contribution in [0, 0.1) is 6.92 Å². The Kier molecular flexibility index (Phi) is 3.06. The number of hydrogen-bond donors (Lipinski definition) is 0. The number of aromatic nitrogens is 1. The molecule has 0 aliphatic carbocycles. The monoisotopic (exact) mass is 259 g/mol. The molecule has 0 fully saturated rings. The summed E-state index contributed by atoms with van der Waals surface area (Å²) in [5.41, 5.74) is 2.69. The molecule has 0 saturated carbocycles. The van der Waals surface area contributed by atoms with E-state index >= 15 is 0 Å². The number of hydrogen-bond acceptors (Lipinski definition) is 1. The van der Waals surface area contributed by atoms with Crippen LogP contribution in [0.5, 0.6) is 0 Å². The van der Waals surface area contributed by atoms with E-state index in [4.69, 9.17) is 34.8 Å². The van der Waals surface area contributed by atoms with Gasteiger partial charge in [0.2, 0.25) is 0 Å². The molecule has 1 aromatic heterocycles. The van der Waals surface area contributed by atoms with Crippen molar-refractivity contribution in [2.45, 2.75) is 12.8 Å². The molecule has 0 atom stereocenters. The van der Waals surface area contributed by atoms with Gasteiger partial charge in [-0.05, 0) is 24.6 Å². The smallest absolute Gasteiger partial charge is 0.134 e. The van der Waals surface area contributed by atoms with Gasteiger partial charge in [-0.25, -0.2) is 4.98 Å². The van der Waals surface area contributed by atoms with Gasteiger partial charge in [-0.2, -0.15) is 0 Å². The zero-order valence-electron chi connectivity index (χ0n) is 8.02. The summed E-state index contributed by atoms with van der Waals surface area (Å²) >= 11 is 17.8. The highest BCUT2D eigenvalue weighted by Crippen LogP contribution is 2.29. The quantitative estimate of drug-likeness (QED) is 0.540. The first kappa shape index (κ1) is 11.0. The largest absolute Gasteiger partial charge is 0.235 e. The molecule has 1 nitrogen and oxygen atoms in total. The second kappa shape index (κ2) is 4.17. The third-order valence-electron chi connectivity index (χ3n) is 2.30. The lowest BCUT2D eigenvalue weighted by atomic mass is 10.1. The molecule has 0 aliphatic heterocycles. The summed E-state index contributed by atoms with van der Waals surface area (Å²) in [6.45, 7) is 1.97. The maximum Gasteiger partial charge on any atom is 0.134 e. The molecule has 0 amide bonds. The molecule has 1 aromatic carbocycles. The molecular weight excluding hydrogens is 252 g/mol. The predicted octanol–water partition coefficient (Wildman–Crippen LogP) is 4.59. The van der Waals surface area contributed by atoms with Crippen LogP contribution in [-0.4, -0.2) is 4.98 Å². The lowest BCUT2D eigenvalue weighted by Gasteiger charge is -2.06. The summed E-state index contributed by atoms with van der Waals surface area (Å²) in [7, 11) is 0. The van der Waals surface area contributed by atoms with E-state index in [0.29, 0.717) is 16.1 Å². The molecule has 15 heavy (non-hydrogen) atoms. The summed E-state index contributed by atoms with van der Waals surface area (Å²) in [5.74, 6) is 0.339. The van der Waals surface area contributed by atoms with E-state index in [-0.39, 0.29) is 0 Å². The molecule has 0 aliphatic rings. The minimum atomic E-state index is 0.339. The highest BCUT2D eigenvalue weighted by molar-refractivity contribution is 6.36. The minimum Gasteiger partial charge on any atom is -0.235 e. The van der Waals surface area contributed by atoms with Crippen LogP contribution in [0.3, 0.4) is 0 Å². The Morgan fingerprint density at radius 3 is 2.67 bits per heavy atom. The topological polar surface area (TPSA) is 12.9 Å². The summed E-state index contributed by atoms with van der Waals surface area (Å²) < 4.78 is 0. The van der Waals surface area contributed by atoms with Crippen LogP contribution in [0.1, 0.15) is 11.1 Å². The van der Waals surface area contributed by atoms with Gasteiger partial charge in [0.15, 0.2) is 0 Å². The molecule has 4 heteroatoms. The van der Waals surface area contributed by atoms with Crippen molar-refractivity contribution >= 4 is 45.7 Å². The second-order valence-electron chi connectivity index (χ2n) is 3.33. The number of alkyl halides is 1. The Morgan fingerprint density at radius 2 is 2.00 bits per heavy atom. The van der Waals surface area contributed by atoms with E-state index < -0.39 is 0 Å². The lowest BCUT2D eigenvalue weighted by Crippen LogP contribution is -1.90. The number of halogens is 3. The Balaban J connectivity index is 2.86. The van der Waals surface area contributed by atoms with Crippen molar-refractivity contribution in [3.05, 3.63) is 39.5 Å². The van der Waals surface area contributed by atoms with Crippen LogP contribution < -0.4 is 0 Å². The Morgan fingerprint density at radius 1 is 1.27 bits per heavy atom. The summed E-state index contributed by atoms with van der Waals surface area (Å²) in [4.78, 5) is 4.30. The highest BCUT2D eigenvalue weighted by atomic mass is 35.5. The molecule has 0 radical (unpaired) electrons. The molecule has 0 unspecified atom stereocenters. The van der Waals surface area contributed by atoms with Crippen molar-refractivity contribution in [2.24, 2.45) is 0 Å². The van der Waals surface area contributed by atoms with Gasteiger partial charge in [0.05, 0.1) is 11.4 Å². The van der Waals surface area contributed by atoms with Gasteiger partial charge in [-0.15, -0.1) is 11.6 Å². The molecule has 0 bridgehead atoms. The first-order valence-corrected chi connectivity index (χ1v) is 5.72. The third kappa shape index (κ3) is 1.92. The van der Waals surface area contributed by atoms with Crippen LogP contribution in [0.25, 0.3) is 10.9 Å². The van der Waals surface area contributed by atoms with Crippen LogP contribution >= 0.6 is 34.8 Å². The van der Waals surface area contributed by atoms with E-state index in [2.05, 4.69) is 4.98 Å². The standard InChI is InChI=1S/C11H8Cl3N/c1-6-2-3-9(13)8-4-7(5-12)11(14)15-10(6)8/h2-4H,5H2,1H3. The number of aryl methyl sites for hydroxylation is 1. The first-order chi connectivity index (χ1) is 7.13. The van der Waals surface area contributed by atoms with E-state index in [1.165, 1.54) is 0 Å². The van der Waals surface area contributed by atoms with Gasteiger partial charge >= 0.3 is 0 Å². The van der Waals surface area contributed by atoms with Gasteiger partial charge in [-0.3, -0.25) is 0 Å². The van der Waals surface area contributed by atoms with E-state index in [9.17, 15) is 0 Å². The molecule has 2 rings (SSSR count). The maximum absolute atomic E-state index is 6.08. The maximum atomic E-state index is 6.08. The lowest BCUT2D eigenvalue weighted by molar-refractivity contribution is 1.29. The van der Waals surface area contributed by atoms with Crippen molar-refractivity contribution < 1.29 is 0 Å². The first-order valence-electron chi connectivity index (χ1n) is 4.43. The number of pyridine rings is 1. The Hall–Kier alpha value is -0.500. The van der Waals surface area contributed by atoms with Gasteiger partial charge in [0, 0.05) is 16.0 Å². The number of benzene rings is 1. The average molecular weight is 261 g/mol. The number of nitrogens with zero attached hydrogens (tertiary/aromatic N) is 1. The van der Waals surface area contributed by atoms with Crippen molar-refractivity contribution in [1.82, 2.24) is 4.98 Å². The third-order valence-corrected chi connectivity index (χ3v) is 3.25. The molecule has 0 saturated heterocycles. The van der Waals surface area contributed by atoms with Gasteiger partial charge in [0.25, 0.3) is 0 Å². The molecule has 1 heterocycles. The van der Waals surface area contributed by atoms with Crippen LogP contribution in [0.15, 0.2) is 18.2 Å². The van der Waals surface area contributed by atoms with Gasteiger partial charge in [0.1, 0.15) is 5.15 Å². The fourth-order valence-corrected chi connectivity index (χ4v) is 2.16. The van der Waals surface area contributed by atoms with Gasteiger partial charge < -0.3 is 0 Å². The number of fused-ring (bicyclic) bond motifs is 1. The van der Waals surface area contributed by atoms with E-state index in [1.807, 2.05) is 25.1 Å². The fourth-order valence-electron chi connectivity index (χ4n) is 1.48. The normalized spacial score (nSPS) is 10.9. The van der Waals surface area contributed by atoms with Crippen LogP contribution in [0.2, 0.25) is 10.2 Å². The van der Waals surface area contributed by atoms with Crippen LogP contribution in [0.4, 0.5) is 0 Å². The summed E-state index contributed by atoms with van der Waals surface area (Å²) in [6, 6.07) is 5.67. The van der Waals surface area contributed by atoms with Gasteiger partial charge in [-0.1, -0.05) is 29.3 Å².